The molecule has 2 heterocycles. The van der Waals surface area contributed by atoms with Crippen LogP contribution < -0.4 is 0 Å². The summed E-state index contributed by atoms with van der Waals surface area (Å²) in [7, 11) is 0. The van der Waals surface area contributed by atoms with E-state index in [0.29, 0.717) is 32.5 Å². The number of carbonyl (C=O) groups excluding carboxylic acids is 1. The molecular formula is C18H26FN3O2. The summed E-state index contributed by atoms with van der Waals surface area (Å²) in [4.78, 5) is 14.5. The third-order valence-electron chi connectivity index (χ3n) is 5.56. The number of alkyl halides is 1. The number of nitrogens with zero attached hydrogens (tertiary/aromatic N) is 3. The van der Waals surface area contributed by atoms with E-state index in [1.807, 2.05) is 15.8 Å². The Kier molecular flexibility index (Phi) is 4.33. The zero-order valence-corrected chi connectivity index (χ0v) is 14.3. The number of aromatic nitrogens is 2. The lowest BCUT2D eigenvalue weighted by molar-refractivity contribution is -0.142. The minimum absolute atomic E-state index is 0.103. The predicted molar refractivity (Wildman–Crippen MR) is 87.2 cm³/mol. The maximum absolute atomic E-state index is 13.1. The molecule has 0 bridgehead atoms. The standard InChI is InChI=1S/C18H26FN3O2/c1-2-22-17-14(7-20-22)8-21(18(23)13-5-16(19)6-13)9-15(17)11-24-10-12-3-4-12/h7,12-13,15-16H,2-6,8-11H2,1H3. The van der Waals surface area contributed by atoms with E-state index in [1.165, 1.54) is 18.5 Å². The highest BCUT2D eigenvalue weighted by Crippen LogP contribution is 2.36. The van der Waals surface area contributed by atoms with E-state index in [1.54, 1.807) is 0 Å². The number of fused-ring (bicyclic) bond motifs is 1. The highest BCUT2D eigenvalue weighted by Gasteiger charge is 2.40. The van der Waals surface area contributed by atoms with Gasteiger partial charge in [-0.15, -0.1) is 0 Å². The Balaban J connectivity index is 1.47. The van der Waals surface area contributed by atoms with E-state index in [2.05, 4.69) is 12.0 Å². The van der Waals surface area contributed by atoms with E-state index in [9.17, 15) is 9.18 Å². The first-order chi connectivity index (χ1) is 11.7. The van der Waals surface area contributed by atoms with Crippen LogP contribution in [0.4, 0.5) is 4.39 Å². The van der Waals surface area contributed by atoms with Gasteiger partial charge >= 0.3 is 0 Å². The van der Waals surface area contributed by atoms with Crippen LogP contribution in [0.25, 0.3) is 0 Å². The van der Waals surface area contributed by atoms with Crippen molar-refractivity contribution in [1.29, 1.82) is 0 Å². The van der Waals surface area contributed by atoms with Gasteiger partial charge in [0.25, 0.3) is 0 Å². The number of aryl methyl sites for hydroxylation is 1. The fraction of sp³-hybridized carbons (Fsp3) is 0.778. The van der Waals surface area contributed by atoms with Gasteiger partial charge in [-0.25, -0.2) is 4.39 Å². The van der Waals surface area contributed by atoms with Crippen LogP contribution in [0, 0.1) is 11.8 Å². The monoisotopic (exact) mass is 335 g/mol. The smallest absolute Gasteiger partial charge is 0.226 e. The lowest BCUT2D eigenvalue weighted by atomic mass is 9.81. The van der Waals surface area contributed by atoms with Crippen molar-refractivity contribution < 1.29 is 13.9 Å². The Bertz CT molecular complexity index is 607. The fourth-order valence-corrected chi connectivity index (χ4v) is 3.87. The number of halogens is 1. The first-order valence-electron chi connectivity index (χ1n) is 9.20. The van der Waals surface area contributed by atoms with Gasteiger partial charge in [-0.1, -0.05) is 0 Å². The van der Waals surface area contributed by atoms with Gasteiger partial charge in [-0.3, -0.25) is 9.48 Å². The molecule has 2 saturated carbocycles. The van der Waals surface area contributed by atoms with Crippen molar-refractivity contribution in [3.05, 3.63) is 17.5 Å². The van der Waals surface area contributed by atoms with Gasteiger partial charge in [0.05, 0.1) is 18.5 Å². The van der Waals surface area contributed by atoms with Crippen LogP contribution in [-0.2, 0) is 22.6 Å². The summed E-state index contributed by atoms with van der Waals surface area (Å²) in [5.74, 6) is 0.875. The average Bonchev–Trinajstić information content (AvgIpc) is 3.28. The molecule has 1 aromatic heterocycles. The molecular weight excluding hydrogens is 309 g/mol. The minimum atomic E-state index is -0.792. The van der Waals surface area contributed by atoms with Crippen LogP contribution >= 0.6 is 0 Å². The molecule has 0 radical (unpaired) electrons. The number of amides is 1. The van der Waals surface area contributed by atoms with Gasteiger partial charge < -0.3 is 9.64 Å². The molecule has 132 valence electrons. The van der Waals surface area contributed by atoms with Crippen molar-refractivity contribution in [2.24, 2.45) is 11.8 Å². The second-order valence-electron chi connectivity index (χ2n) is 7.53. The molecule has 0 saturated heterocycles. The van der Waals surface area contributed by atoms with Crippen molar-refractivity contribution in [2.45, 2.75) is 57.8 Å². The Morgan fingerprint density at radius 2 is 2.17 bits per heavy atom. The molecule has 0 N–H and O–H groups in total. The summed E-state index contributed by atoms with van der Waals surface area (Å²) >= 11 is 0. The molecule has 6 heteroatoms. The van der Waals surface area contributed by atoms with Gasteiger partial charge in [0.1, 0.15) is 6.17 Å². The molecule has 1 atom stereocenters. The summed E-state index contributed by atoms with van der Waals surface area (Å²) in [6.07, 6.45) is 4.42. The molecule has 3 aliphatic rings. The van der Waals surface area contributed by atoms with E-state index in [4.69, 9.17) is 4.74 Å². The van der Waals surface area contributed by atoms with Crippen LogP contribution in [0.5, 0.6) is 0 Å². The molecule has 1 aliphatic heterocycles. The molecule has 1 aromatic rings. The van der Waals surface area contributed by atoms with Crippen LogP contribution in [-0.4, -0.2) is 46.5 Å². The van der Waals surface area contributed by atoms with Crippen molar-refractivity contribution in [3.8, 4) is 0 Å². The van der Waals surface area contributed by atoms with E-state index in [-0.39, 0.29) is 17.7 Å². The second-order valence-corrected chi connectivity index (χ2v) is 7.53. The topological polar surface area (TPSA) is 47.4 Å². The number of carbonyl (C=O) groups is 1. The summed E-state index contributed by atoms with van der Waals surface area (Å²) in [5, 5.41) is 4.47. The average molecular weight is 335 g/mol. The fourth-order valence-electron chi connectivity index (χ4n) is 3.87. The molecule has 0 spiro atoms. The second kappa shape index (κ2) is 6.47. The summed E-state index contributed by atoms with van der Waals surface area (Å²) in [5.41, 5.74) is 2.34. The third-order valence-corrected chi connectivity index (χ3v) is 5.56. The molecule has 1 amide bonds. The van der Waals surface area contributed by atoms with Crippen LogP contribution in [0.3, 0.4) is 0 Å². The number of hydrogen-bond donors (Lipinski definition) is 0. The van der Waals surface area contributed by atoms with Gasteiger partial charge in [-0.05, 0) is 38.5 Å². The Morgan fingerprint density at radius 3 is 2.83 bits per heavy atom. The SMILES string of the molecule is CCn1ncc2c1C(COCC1CC1)CN(C(=O)C1CC(F)C1)C2. The lowest BCUT2D eigenvalue weighted by Gasteiger charge is -2.38. The number of ether oxygens (including phenoxy) is 1. The molecule has 1 unspecified atom stereocenters. The zero-order valence-electron chi connectivity index (χ0n) is 14.3. The lowest BCUT2D eigenvalue weighted by Crippen LogP contribution is -2.46. The Morgan fingerprint density at radius 1 is 1.38 bits per heavy atom. The van der Waals surface area contributed by atoms with Gasteiger partial charge in [0.2, 0.25) is 5.91 Å². The van der Waals surface area contributed by atoms with E-state index < -0.39 is 6.17 Å². The quantitative estimate of drug-likeness (QED) is 0.802. The largest absolute Gasteiger partial charge is 0.380 e. The maximum Gasteiger partial charge on any atom is 0.226 e. The Hall–Kier alpha value is -1.43. The summed E-state index contributed by atoms with van der Waals surface area (Å²) in [6, 6.07) is 0. The van der Waals surface area contributed by atoms with Crippen molar-refractivity contribution in [2.75, 3.05) is 19.8 Å². The van der Waals surface area contributed by atoms with Crippen molar-refractivity contribution >= 4 is 5.91 Å². The van der Waals surface area contributed by atoms with Crippen molar-refractivity contribution in [3.63, 3.8) is 0 Å². The third kappa shape index (κ3) is 3.08. The van der Waals surface area contributed by atoms with Crippen molar-refractivity contribution in [1.82, 2.24) is 14.7 Å². The first kappa shape index (κ1) is 16.1. The number of hydrogen-bond acceptors (Lipinski definition) is 3. The van der Waals surface area contributed by atoms with Crippen LogP contribution in [0.1, 0.15) is 49.8 Å². The predicted octanol–water partition coefficient (Wildman–Crippen LogP) is 2.50. The van der Waals surface area contributed by atoms with E-state index in [0.717, 1.165) is 24.6 Å². The van der Waals surface area contributed by atoms with Crippen LogP contribution in [0.2, 0.25) is 0 Å². The maximum atomic E-state index is 13.1. The molecule has 0 aromatic carbocycles. The first-order valence-corrected chi connectivity index (χ1v) is 9.20. The van der Waals surface area contributed by atoms with Crippen LogP contribution in [0.15, 0.2) is 6.20 Å². The number of rotatable bonds is 6. The Labute approximate surface area is 142 Å². The van der Waals surface area contributed by atoms with Gasteiger partial charge in [0, 0.05) is 43.6 Å². The molecule has 2 aliphatic carbocycles. The van der Waals surface area contributed by atoms with Gasteiger partial charge in [0.15, 0.2) is 0 Å². The minimum Gasteiger partial charge on any atom is -0.380 e. The van der Waals surface area contributed by atoms with Gasteiger partial charge in [-0.2, -0.15) is 5.10 Å². The zero-order chi connectivity index (χ0) is 16.7. The van der Waals surface area contributed by atoms with E-state index >= 15 is 0 Å². The normalized spacial score (nSPS) is 29.2. The highest BCUT2D eigenvalue weighted by atomic mass is 19.1. The molecule has 4 rings (SSSR count). The molecule has 2 fully saturated rings. The highest BCUT2D eigenvalue weighted by molar-refractivity contribution is 5.80. The summed E-state index contributed by atoms with van der Waals surface area (Å²) < 4.78 is 21.1. The molecule has 24 heavy (non-hydrogen) atoms. The molecule has 5 nitrogen and oxygen atoms in total. The summed E-state index contributed by atoms with van der Waals surface area (Å²) in [6.45, 7) is 5.63.